The molecule has 0 bridgehead atoms. The summed E-state index contributed by atoms with van der Waals surface area (Å²) in [6, 6.07) is 3.29. The average molecular weight is 306 g/mol. The Morgan fingerprint density at radius 2 is 2.09 bits per heavy atom. The number of aliphatic hydroxyl groups is 1. The van der Waals surface area contributed by atoms with Crippen molar-refractivity contribution >= 4 is 11.1 Å². The van der Waals surface area contributed by atoms with E-state index in [1.54, 1.807) is 0 Å². The van der Waals surface area contributed by atoms with Crippen LogP contribution >= 0.6 is 0 Å². The van der Waals surface area contributed by atoms with E-state index in [0.29, 0.717) is 18.0 Å². The molecule has 0 amide bonds. The van der Waals surface area contributed by atoms with Crippen molar-refractivity contribution in [3.8, 4) is 0 Å². The van der Waals surface area contributed by atoms with Crippen LogP contribution in [0.4, 0.5) is 4.39 Å². The molecule has 22 heavy (non-hydrogen) atoms. The van der Waals surface area contributed by atoms with Crippen LogP contribution in [-0.2, 0) is 0 Å². The second-order valence-corrected chi connectivity index (χ2v) is 6.74. The quantitative estimate of drug-likeness (QED) is 0.885. The lowest BCUT2D eigenvalue weighted by Gasteiger charge is -2.37. The molecule has 0 spiro atoms. The predicted octanol–water partition coefficient (Wildman–Crippen LogP) is 3.66. The van der Waals surface area contributed by atoms with Crippen LogP contribution in [0.5, 0.6) is 0 Å². The zero-order chi connectivity index (χ0) is 15.9. The number of nitrogens with one attached hydrogen (secondary N) is 1. The van der Waals surface area contributed by atoms with Crippen LogP contribution in [0.25, 0.3) is 11.1 Å². The summed E-state index contributed by atoms with van der Waals surface area (Å²) in [5, 5.41) is 13.4. The number of aromatic nitrogens is 1. The Morgan fingerprint density at radius 1 is 1.36 bits per heavy atom. The molecule has 2 aromatic rings. The molecule has 1 saturated carbocycles. The predicted molar refractivity (Wildman–Crippen MR) is 83.3 cm³/mol. The van der Waals surface area contributed by atoms with Crippen LogP contribution in [-0.4, -0.2) is 22.2 Å². The second kappa shape index (κ2) is 5.63. The molecule has 1 aliphatic carbocycles. The largest absolute Gasteiger partial charge is 0.437 e. The molecule has 1 aromatic heterocycles. The zero-order valence-electron chi connectivity index (χ0n) is 13.3. The Kier molecular flexibility index (Phi) is 3.95. The van der Waals surface area contributed by atoms with Crippen LogP contribution in [0.2, 0.25) is 0 Å². The summed E-state index contributed by atoms with van der Waals surface area (Å²) in [6.45, 7) is 6.43. The molecule has 120 valence electrons. The average Bonchev–Trinajstić information content (AvgIpc) is 2.87. The third-order valence-electron chi connectivity index (χ3n) is 4.50. The SMILES string of the molecule is CC(C)c1nc2cc([C@@H](C)NCC3(O)CCC3)cc(F)c2o1. The third-order valence-corrected chi connectivity index (χ3v) is 4.50. The minimum Gasteiger partial charge on any atom is -0.437 e. The van der Waals surface area contributed by atoms with Gasteiger partial charge in [0, 0.05) is 18.5 Å². The first-order valence-corrected chi connectivity index (χ1v) is 7.94. The first kappa shape index (κ1) is 15.4. The molecule has 3 rings (SSSR count). The Bertz CT molecular complexity index is 677. The molecule has 0 aliphatic heterocycles. The molecule has 1 atom stereocenters. The van der Waals surface area contributed by atoms with E-state index in [1.807, 2.05) is 26.8 Å². The fourth-order valence-electron chi connectivity index (χ4n) is 2.75. The first-order chi connectivity index (χ1) is 10.4. The van der Waals surface area contributed by atoms with Crippen molar-refractivity contribution < 1.29 is 13.9 Å². The van der Waals surface area contributed by atoms with Gasteiger partial charge in [-0.1, -0.05) is 13.8 Å². The van der Waals surface area contributed by atoms with Crippen LogP contribution in [0.15, 0.2) is 16.5 Å². The van der Waals surface area contributed by atoms with Gasteiger partial charge >= 0.3 is 0 Å². The lowest BCUT2D eigenvalue weighted by atomic mass is 9.80. The highest BCUT2D eigenvalue weighted by molar-refractivity contribution is 5.74. The highest BCUT2D eigenvalue weighted by atomic mass is 19.1. The molecule has 0 radical (unpaired) electrons. The van der Waals surface area contributed by atoms with Gasteiger partial charge in [0.1, 0.15) is 5.52 Å². The van der Waals surface area contributed by atoms with E-state index in [4.69, 9.17) is 4.42 Å². The van der Waals surface area contributed by atoms with Gasteiger partial charge in [0.25, 0.3) is 0 Å². The van der Waals surface area contributed by atoms with E-state index in [9.17, 15) is 9.50 Å². The lowest BCUT2D eigenvalue weighted by molar-refractivity contribution is -0.0329. The van der Waals surface area contributed by atoms with E-state index in [1.165, 1.54) is 6.07 Å². The molecule has 1 aliphatic rings. The molecule has 1 fully saturated rings. The highest BCUT2D eigenvalue weighted by Crippen LogP contribution is 2.32. The molecule has 2 N–H and O–H groups in total. The Balaban J connectivity index is 1.80. The highest BCUT2D eigenvalue weighted by Gasteiger charge is 2.34. The second-order valence-electron chi connectivity index (χ2n) is 6.74. The smallest absolute Gasteiger partial charge is 0.198 e. The van der Waals surface area contributed by atoms with Gasteiger partial charge in [-0.05, 0) is 43.9 Å². The summed E-state index contributed by atoms with van der Waals surface area (Å²) in [4.78, 5) is 4.37. The van der Waals surface area contributed by atoms with Crippen LogP contribution in [0, 0.1) is 5.82 Å². The maximum atomic E-state index is 14.2. The summed E-state index contributed by atoms with van der Waals surface area (Å²) < 4.78 is 19.7. The van der Waals surface area contributed by atoms with Gasteiger partial charge in [-0.3, -0.25) is 0 Å². The molecule has 5 heteroatoms. The number of oxazole rings is 1. The number of hydrogen-bond donors (Lipinski definition) is 2. The number of fused-ring (bicyclic) bond motifs is 1. The minimum absolute atomic E-state index is 0.0530. The van der Waals surface area contributed by atoms with Crippen LogP contribution in [0.3, 0.4) is 0 Å². The summed E-state index contributed by atoms with van der Waals surface area (Å²) in [5.41, 5.74) is 0.999. The van der Waals surface area contributed by atoms with Crippen LogP contribution < -0.4 is 5.32 Å². The summed E-state index contributed by atoms with van der Waals surface area (Å²) >= 11 is 0. The molecule has 4 nitrogen and oxygen atoms in total. The minimum atomic E-state index is -0.588. The van der Waals surface area contributed by atoms with E-state index in [-0.39, 0.29) is 23.4 Å². The van der Waals surface area contributed by atoms with Gasteiger partial charge in [-0.25, -0.2) is 9.37 Å². The topological polar surface area (TPSA) is 58.3 Å². The van der Waals surface area contributed by atoms with Gasteiger partial charge in [-0.2, -0.15) is 0 Å². The van der Waals surface area contributed by atoms with Crippen LogP contribution in [0.1, 0.15) is 63.4 Å². The molecule has 1 heterocycles. The normalized spacial score (nSPS) is 18.6. The van der Waals surface area contributed by atoms with Gasteiger partial charge in [0.05, 0.1) is 5.60 Å². The maximum absolute atomic E-state index is 14.2. The first-order valence-electron chi connectivity index (χ1n) is 7.94. The maximum Gasteiger partial charge on any atom is 0.198 e. The number of halogens is 1. The van der Waals surface area contributed by atoms with Gasteiger partial charge in [-0.15, -0.1) is 0 Å². The number of nitrogens with zero attached hydrogens (tertiary/aromatic N) is 1. The summed E-state index contributed by atoms with van der Waals surface area (Å²) in [6.07, 6.45) is 2.74. The lowest BCUT2D eigenvalue weighted by Crippen LogP contribution is -2.46. The van der Waals surface area contributed by atoms with Gasteiger partial charge in [0.2, 0.25) is 0 Å². The fraction of sp³-hybridized carbons (Fsp3) is 0.588. The Labute approximate surface area is 129 Å². The Hall–Kier alpha value is -1.46. The Morgan fingerprint density at radius 3 is 2.68 bits per heavy atom. The van der Waals surface area contributed by atoms with E-state index in [2.05, 4.69) is 10.3 Å². The van der Waals surface area contributed by atoms with Crippen molar-refractivity contribution in [1.29, 1.82) is 0 Å². The van der Waals surface area contributed by atoms with E-state index in [0.717, 1.165) is 24.8 Å². The zero-order valence-corrected chi connectivity index (χ0v) is 13.3. The monoisotopic (exact) mass is 306 g/mol. The van der Waals surface area contributed by atoms with Crippen molar-refractivity contribution in [3.63, 3.8) is 0 Å². The number of hydrogen-bond acceptors (Lipinski definition) is 4. The summed E-state index contributed by atoms with van der Waals surface area (Å²) in [5.74, 6) is 0.289. The molecule has 0 unspecified atom stereocenters. The summed E-state index contributed by atoms with van der Waals surface area (Å²) in [7, 11) is 0. The van der Waals surface area contributed by atoms with Crippen molar-refractivity contribution in [3.05, 3.63) is 29.4 Å². The van der Waals surface area contributed by atoms with Crippen molar-refractivity contribution in [2.75, 3.05) is 6.54 Å². The third kappa shape index (κ3) is 2.88. The van der Waals surface area contributed by atoms with E-state index >= 15 is 0 Å². The molecular weight excluding hydrogens is 283 g/mol. The van der Waals surface area contributed by atoms with Crippen molar-refractivity contribution in [2.45, 2.75) is 57.6 Å². The van der Waals surface area contributed by atoms with Crippen molar-refractivity contribution in [2.24, 2.45) is 0 Å². The molecular formula is C17H23FN2O2. The number of benzene rings is 1. The fourth-order valence-corrected chi connectivity index (χ4v) is 2.75. The molecule has 0 saturated heterocycles. The van der Waals surface area contributed by atoms with Gasteiger partial charge in [0.15, 0.2) is 17.3 Å². The molecule has 1 aromatic carbocycles. The number of rotatable bonds is 5. The van der Waals surface area contributed by atoms with Gasteiger partial charge < -0.3 is 14.8 Å². The van der Waals surface area contributed by atoms with E-state index < -0.39 is 5.60 Å². The van der Waals surface area contributed by atoms with Crippen molar-refractivity contribution in [1.82, 2.24) is 10.3 Å². The standard InChI is InChI=1S/C17H23FN2O2/c1-10(2)16-20-14-8-12(7-13(18)15(14)22-16)11(3)19-9-17(21)5-4-6-17/h7-8,10-11,19,21H,4-6,9H2,1-3H3/t11-/m1/s1.